The molecule has 140 valence electrons. The summed E-state index contributed by atoms with van der Waals surface area (Å²) in [5.41, 5.74) is 0. The topological polar surface area (TPSA) is 87.2 Å². The Morgan fingerprint density at radius 1 is 0.880 bits per heavy atom. The highest BCUT2D eigenvalue weighted by Gasteiger charge is 2.42. The van der Waals surface area contributed by atoms with Crippen molar-refractivity contribution in [3.8, 4) is 0 Å². The number of rotatable bonds is 3. The van der Waals surface area contributed by atoms with Crippen molar-refractivity contribution in [3.63, 3.8) is 0 Å². The van der Waals surface area contributed by atoms with Crippen LogP contribution < -0.4 is 0 Å². The van der Waals surface area contributed by atoms with Crippen molar-refractivity contribution >= 4 is 17.8 Å². The fourth-order valence-corrected chi connectivity index (χ4v) is 4.40. The highest BCUT2D eigenvalue weighted by molar-refractivity contribution is 5.88. The number of likely N-dealkylation sites (tertiary alicyclic amines) is 1. The predicted octanol–water partition coefficient (Wildman–Crippen LogP) is 1.12. The number of carbonyl (C=O) groups is 3. The molecule has 2 saturated heterocycles. The molecule has 25 heavy (non-hydrogen) atoms. The van der Waals surface area contributed by atoms with Crippen LogP contribution in [0.4, 0.5) is 0 Å². The number of aliphatic carboxylic acids is 1. The average Bonchev–Trinajstić information content (AvgIpc) is 3.14. The summed E-state index contributed by atoms with van der Waals surface area (Å²) < 4.78 is 5.40. The van der Waals surface area contributed by atoms with Crippen LogP contribution in [0.1, 0.15) is 45.4 Å². The lowest BCUT2D eigenvalue weighted by Gasteiger charge is -2.40. The van der Waals surface area contributed by atoms with E-state index in [9.17, 15) is 19.5 Å². The monoisotopic (exact) mass is 352 g/mol. The minimum absolute atomic E-state index is 0.0691. The van der Waals surface area contributed by atoms with Crippen LogP contribution in [-0.4, -0.2) is 71.1 Å². The summed E-state index contributed by atoms with van der Waals surface area (Å²) in [4.78, 5) is 40.7. The van der Waals surface area contributed by atoms with Crippen LogP contribution in [0.2, 0.25) is 0 Å². The van der Waals surface area contributed by atoms with Crippen molar-refractivity contribution in [2.45, 2.75) is 57.7 Å². The highest BCUT2D eigenvalue weighted by Crippen LogP contribution is 2.34. The van der Waals surface area contributed by atoms with Gasteiger partial charge >= 0.3 is 5.97 Å². The van der Waals surface area contributed by atoms with Gasteiger partial charge < -0.3 is 19.6 Å². The van der Waals surface area contributed by atoms with Gasteiger partial charge in [-0.2, -0.15) is 0 Å². The molecule has 2 aliphatic heterocycles. The number of amides is 2. The fourth-order valence-electron chi connectivity index (χ4n) is 4.40. The summed E-state index contributed by atoms with van der Waals surface area (Å²) in [6, 6.07) is 0. The van der Waals surface area contributed by atoms with E-state index in [1.54, 1.807) is 11.8 Å². The molecule has 1 aliphatic carbocycles. The first kappa shape index (κ1) is 18.2. The zero-order valence-electron chi connectivity index (χ0n) is 14.9. The smallest absolute Gasteiger partial charge is 0.334 e. The zero-order chi connectivity index (χ0) is 18.0. The SMILES string of the molecule is C[C@@H]1CN(C(=O)C2CCCCC2C(=O)N2CCCC2)CC(C(=O)O)O1. The predicted molar refractivity (Wildman–Crippen MR) is 89.8 cm³/mol. The Morgan fingerprint density at radius 2 is 1.44 bits per heavy atom. The van der Waals surface area contributed by atoms with Crippen LogP contribution in [0.15, 0.2) is 0 Å². The normalized spacial score (nSPS) is 33.3. The van der Waals surface area contributed by atoms with E-state index in [4.69, 9.17) is 4.74 Å². The third kappa shape index (κ3) is 3.97. The van der Waals surface area contributed by atoms with Crippen molar-refractivity contribution in [2.75, 3.05) is 26.2 Å². The van der Waals surface area contributed by atoms with E-state index in [0.717, 1.165) is 45.2 Å². The number of nitrogens with zero attached hydrogens (tertiary/aromatic N) is 2. The number of carboxylic acid groups (broad SMARTS) is 1. The van der Waals surface area contributed by atoms with Crippen molar-refractivity contribution in [1.29, 1.82) is 0 Å². The lowest BCUT2D eigenvalue weighted by atomic mass is 9.77. The van der Waals surface area contributed by atoms with Gasteiger partial charge in [-0.15, -0.1) is 0 Å². The minimum atomic E-state index is -1.04. The molecule has 3 unspecified atom stereocenters. The molecule has 0 radical (unpaired) electrons. The van der Waals surface area contributed by atoms with Crippen LogP contribution in [0.3, 0.4) is 0 Å². The largest absolute Gasteiger partial charge is 0.479 e. The molecule has 0 spiro atoms. The van der Waals surface area contributed by atoms with Gasteiger partial charge in [0.15, 0.2) is 6.10 Å². The summed E-state index contributed by atoms with van der Waals surface area (Å²) in [6.07, 6.45) is 4.18. The molecule has 3 fully saturated rings. The molecule has 2 amide bonds. The first-order valence-corrected chi connectivity index (χ1v) is 9.43. The fraction of sp³-hybridized carbons (Fsp3) is 0.833. The minimum Gasteiger partial charge on any atom is -0.479 e. The lowest BCUT2D eigenvalue weighted by molar-refractivity contribution is -0.169. The molecule has 4 atom stereocenters. The maximum absolute atomic E-state index is 13.1. The summed E-state index contributed by atoms with van der Waals surface area (Å²) >= 11 is 0. The molecule has 0 bridgehead atoms. The van der Waals surface area contributed by atoms with Crippen LogP contribution in [0.5, 0.6) is 0 Å². The Balaban J connectivity index is 1.71. The number of hydrogen-bond acceptors (Lipinski definition) is 4. The van der Waals surface area contributed by atoms with E-state index >= 15 is 0 Å². The van der Waals surface area contributed by atoms with E-state index in [2.05, 4.69) is 0 Å². The quantitative estimate of drug-likeness (QED) is 0.822. The molecule has 7 heteroatoms. The van der Waals surface area contributed by atoms with Crippen LogP contribution in [0, 0.1) is 11.8 Å². The summed E-state index contributed by atoms with van der Waals surface area (Å²) in [5.74, 6) is -1.56. The van der Waals surface area contributed by atoms with Gasteiger partial charge in [-0.05, 0) is 32.6 Å². The van der Waals surface area contributed by atoms with Gasteiger partial charge in [-0.1, -0.05) is 12.8 Å². The van der Waals surface area contributed by atoms with Crippen molar-refractivity contribution < 1.29 is 24.2 Å². The first-order chi connectivity index (χ1) is 12.0. The van der Waals surface area contributed by atoms with Crippen molar-refractivity contribution in [2.24, 2.45) is 11.8 Å². The van der Waals surface area contributed by atoms with E-state index in [0.29, 0.717) is 13.0 Å². The van der Waals surface area contributed by atoms with E-state index < -0.39 is 12.1 Å². The third-order valence-electron chi connectivity index (χ3n) is 5.67. The maximum Gasteiger partial charge on any atom is 0.334 e. The first-order valence-electron chi connectivity index (χ1n) is 9.43. The Kier molecular flexibility index (Phi) is 5.61. The van der Waals surface area contributed by atoms with Gasteiger partial charge in [0.1, 0.15) is 0 Å². The van der Waals surface area contributed by atoms with E-state index in [1.165, 1.54) is 0 Å². The molecular weight excluding hydrogens is 324 g/mol. The van der Waals surface area contributed by atoms with Crippen LogP contribution in [-0.2, 0) is 19.1 Å². The number of ether oxygens (including phenoxy) is 1. The molecular formula is C18H28N2O5. The molecule has 2 heterocycles. The average molecular weight is 352 g/mol. The van der Waals surface area contributed by atoms with E-state index in [1.807, 2.05) is 4.90 Å². The van der Waals surface area contributed by atoms with Gasteiger partial charge in [0.05, 0.1) is 12.6 Å². The molecule has 0 aromatic carbocycles. The Morgan fingerprint density at radius 3 is 2.00 bits per heavy atom. The molecule has 0 aromatic heterocycles. The second-order valence-corrected chi connectivity index (χ2v) is 7.55. The molecule has 3 aliphatic rings. The van der Waals surface area contributed by atoms with E-state index in [-0.39, 0.29) is 36.3 Å². The van der Waals surface area contributed by atoms with Crippen LogP contribution in [0.25, 0.3) is 0 Å². The van der Waals surface area contributed by atoms with Gasteiger partial charge in [0, 0.05) is 31.5 Å². The Hall–Kier alpha value is -1.63. The Bertz CT molecular complexity index is 532. The zero-order valence-corrected chi connectivity index (χ0v) is 14.9. The number of morpholine rings is 1. The Labute approximate surface area is 148 Å². The number of carbonyl (C=O) groups excluding carboxylic acids is 2. The third-order valence-corrected chi connectivity index (χ3v) is 5.67. The number of carboxylic acids is 1. The van der Waals surface area contributed by atoms with Crippen molar-refractivity contribution in [3.05, 3.63) is 0 Å². The van der Waals surface area contributed by atoms with Crippen LogP contribution >= 0.6 is 0 Å². The van der Waals surface area contributed by atoms with Gasteiger partial charge in [-0.3, -0.25) is 9.59 Å². The van der Waals surface area contributed by atoms with Gasteiger partial charge in [-0.25, -0.2) is 4.79 Å². The molecule has 7 nitrogen and oxygen atoms in total. The van der Waals surface area contributed by atoms with Gasteiger partial charge in [0.25, 0.3) is 0 Å². The summed E-state index contributed by atoms with van der Waals surface area (Å²) in [5, 5.41) is 9.23. The van der Waals surface area contributed by atoms with Gasteiger partial charge in [0.2, 0.25) is 11.8 Å². The summed E-state index contributed by atoms with van der Waals surface area (Å²) in [6.45, 7) is 3.84. The lowest BCUT2D eigenvalue weighted by Crippen LogP contribution is -2.55. The highest BCUT2D eigenvalue weighted by atomic mass is 16.5. The molecule has 0 aromatic rings. The summed E-state index contributed by atoms with van der Waals surface area (Å²) in [7, 11) is 0. The van der Waals surface area contributed by atoms with Crippen molar-refractivity contribution in [1.82, 2.24) is 9.80 Å². The molecule has 1 saturated carbocycles. The molecule has 1 N–H and O–H groups in total. The second-order valence-electron chi connectivity index (χ2n) is 7.55. The molecule has 3 rings (SSSR count). The number of hydrogen-bond donors (Lipinski definition) is 1. The standard InChI is InChI=1S/C18H28N2O5/c1-12-10-20(11-15(25-12)18(23)24)17(22)14-7-3-2-6-13(14)16(21)19-8-4-5-9-19/h12-15H,2-11H2,1H3,(H,23,24)/t12-,13?,14?,15?/m1/s1. The second kappa shape index (κ2) is 7.72. The maximum atomic E-state index is 13.1.